The van der Waals surface area contributed by atoms with Gasteiger partial charge in [-0.3, -0.25) is 0 Å². The summed E-state index contributed by atoms with van der Waals surface area (Å²) in [5, 5.41) is 0. The number of hydroxylamine groups is 1. The minimum absolute atomic E-state index is 0.418. The number of nitrogens with zero attached hydrogens (tertiary/aromatic N) is 2. The average molecular weight is 285 g/mol. The molecule has 0 amide bonds. The van der Waals surface area contributed by atoms with E-state index in [4.69, 9.17) is 14.3 Å². The average Bonchev–Trinajstić information content (AvgIpc) is 3.05. The lowest BCUT2D eigenvalue weighted by atomic mass is 10.2. The molecule has 0 saturated carbocycles. The normalized spacial score (nSPS) is 17.0. The SMILES string of the molecule is COc1ccc(C2=NC(c3ccnc(OC)c3)ON2)cc1. The van der Waals surface area contributed by atoms with Crippen LogP contribution in [0.15, 0.2) is 47.6 Å². The maximum absolute atomic E-state index is 5.49. The first-order valence-corrected chi connectivity index (χ1v) is 6.44. The van der Waals surface area contributed by atoms with Gasteiger partial charge in [0.1, 0.15) is 5.75 Å². The van der Waals surface area contributed by atoms with E-state index in [-0.39, 0.29) is 0 Å². The third kappa shape index (κ3) is 2.80. The van der Waals surface area contributed by atoms with Crippen LogP contribution in [0.4, 0.5) is 0 Å². The van der Waals surface area contributed by atoms with Crippen LogP contribution in [-0.4, -0.2) is 25.0 Å². The van der Waals surface area contributed by atoms with Gasteiger partial charge >= 0.3 is 0 Å². The number of ether oxygens (including phenoxy) is 2. The summed E-state index contributed by atoms with van der Waals surface area (Å²) in [5.41, 5.74) is 4.65. The zero-order valence-corrected chi connectivity index (χ0v) is 11.7. The van der Waals surface area contributed by atoms with Crippen LogP contribution < -0.4 is 15.0 Å². The molecular formula is C15H15N3O3. The molecule has 108 valence electrons. The van der Waals surface area contributed by atoms with E-state index in [1.807, 2.05) is 30.3 Å². The summed E-state index contributed by atoms with van der Waals surface area (Å²) in [6, 6.07) is 11.2. The fraction of sp³-hybridized carbons (Fsp3) is 0.200. The van der Waals surface area contributed by atoms with E-state index in [1.54, 1.807) is 26.5 Å². The number of hydrogen-bond donors (Lipinski definition) is 1. The van der Waals surface area contributed by atoms with Gasteiger partial charge in [0.25, 0.3) is 0 Å². The van der Waals surface area contributed by atoms with Crippen molar-refractivity contribution < 1.29 is 14.3 Å². The van der Waals surface area contributed by atoms with E-state index in [1.165, 1.54) is 0 Å². The Bertz CT molecular complexity index is 655. The molecule has 1 aliphatic heterocycles. The largest absolute Gasteiger partial charge is 0.497 e. The Labute approximate surface area is 122 Å². The highest BCUT2D eigenvalue weighted by atomic mass is 16.7. The van der Waals surface area contributed by atoms with Crippen molar-refractivity contribution in [3.63, 3.8) is 0 Å². The van der Waals surface area contributed by atoms with Gasteiger partial charge in [0.15, 0.2) is 5.84 Å². The van der Waals surface area contributed by atoms with Crippen LogP contribution in [0, 0.1) is 0 Å². The number of nitrogens with one attached hydrogen (secondary N) is 1. The van der Waals surface area contributed by atoms with E-state index in [9.17, 15) is 0 Å². The topological polar surface area (TPSA) is 65.0 Å². The molecule has 21 heavy (non-hydrogen) atoms. The van der Waals surface area contributed by atoms with Crippen LogP contribution in [0.1, 0.15) is 17.4 Å². The summed E-state index contributed by atoms with van der Waals surface area (Å²) in [7, 11) is 3.21. The van der Waals surface area contributed by atoms with Gasteiger partial charge in [-0.1, -0.05) is 0 Å². The number of aromatic nitrogens is 1. The molecule has 1 atom stereocenters. The van der Waals surface area contributed by atoms with Crippen molar-refractivity contribution in [3.05, 3.63) is 53.7 Å². The molecule has 1 aromatic heterocycles. The standard InChI is InChI=1S/C15H15N3O3/c1-19-12-5-3-10(4-6-12)14-17-15(21-18-14)11-7-8-16-13(9-11)20-2/h3-9,15H,1-2H3,(H,17,18). The summed E-state index contributed by atoms with van der Waals surface area (Å²) >= 11 is 0. The molecule has 1 aromatic carbocycles. The zero-order chi connectivity index (χ0) is 14.7. The third-order valence-corrected chi connectivity index (χ3v) is 3.13. The van der Waals surface area contributed by atoms with E-state index in [0.29, 0.717) is 11.7 Å². The number of methoxy groups -OCH3 is 2. The molecule has 0 aliphatic carbocycles. The predicted molar refractivity (Wildman–Crippen MR) is 77.3 cm³/mol. The van der Waals surface area contributed by atoms with Gasteiger partial charge in [-0.05, 0) is 30.3 Å². The van der Waals surface area contributed by atoms with E-state index < -0.39 is 6.23 Å². The Morgan fingerprint density at radius 1 is 1.10 bits per heavy atom. The summed E-state index contributed by atoms with van der Waals surface area (Å²) in [6.45, 7) is 0. The number of pyridine rings is 1. The molecule has 0 radical (unpaired) electrons. The van der Waals surface area contributed by atoms with Crippen LogP contribution in [0.2, 0.25) is 0 Å². The molecule has 6 heteroatoms. The van der Waals surface area contributed by atoms with Crippen LogP contribution in [0.25, 0.3) is 0 Å². The first-order chi connectivity index (χ1) is 10.3. The van der Waals surface area contributed by atoms with E-state index in [2.05, 4.69) is 15.5 Å². The minimum Gasteiger partial charge on any atom is -0.497 e. The Morgan fingerprint density at radius 2 is 1.90 bits per heavy atom. The lowest BCUT2D eigenvalue weighted by molar-refractivity contribution is 0.0375. The Hall–Kier alpha value is -2.60. The molecule has 2 aromatic rings. The number of benzene rings is 1. The minimum atomic E-state index is -0.418. The first-order valence-electron chi connectivity index (χ1n) is 6.44. The second-order valence-corrected chi connectivity index (χ2v) is 4.41. The highest BCUT2D eigenvalue weighted by molar-refractivity contribution is 5.98. The van der Waals surface area contributed by atoms with Crippen LogP contribution in [-0.2, 0) is 4.84 Å². The molecule has 1 N–H and O–H groups in total. The second-order valence-electron chi connectivity index (χ2n) is 4.41. The molecule has 0 saturated heterocycles. The fourth-order valence-electron chi connectivity index (χ4n) is 2.00. The van der Waals surface area contributed by atoms with Crippen LogP contribution >= 0.6 is 0 Å². The molecule has 6 nitrogen and oxygen atoms in total. The third-order valence-electron chi connectivity index (χ3n) is 3.13. The van der Waals surface area contributed by atoms with Crippen molar-refractivity contribution in [2.75, 3.05) is 14.2 Å². The van der Waals surface area contributed by atoms with Crippen molar-refractivity contribution in [3.8, 4) is 11.6 Å². The monoisotopic (exact) mass is 285 g/mol. The Balaban J connectivity index is 1.82. The highest BCUT2D eigenvalue weighted by Gasteiger charge is 2.21. The maximum Gasteiger partial charge on any atom is 0.213 e. The molecular weight excluding hydrogens is 270 g/mol. The Morgan fingerprint density at radius 3 is 2.62 bits per heavy atom. The molecule has 1 unspecified atom stereocenters. The van der Waals surface area contributed by atoms with Crippen molar-refractivity contribution in [1.29, 1.82) is 0 Å². The molecule has 0 spiro atoms. The van der Waals surface area contributed by atoms with E-state index in [0.717, 1.165) is 16.9 Å². The summed E-state index contributed by atoms with van der Waals surface area (Å²) < 4.78 is 10.2. The van der Waals surface area contributed by atoms with Gasteiger partial charge in [-0.15, -0.1) is 0 Å². The first kappa shape index (κ1) is 13.4. The zero-order valence-electron chi connectivity index (χ0n) is 11.7. The summed E-state index contributed by atoms with van der Waals surface area (Å²) in [4.78, 5) is 14.1. The molecule has 3 rings (SSSR count). The molecule has 0 fully saturated rings. The van der Waals surface area contributed by atoms with Gasteiger partial charge < -0.3 is 9.47 Å². The van der Waals surface area contributed by atoms with Gasteiger partial charge in [-0.2, -0.15) is 0 Å². The smallest absolute Gasteiger partial charge is 0.213 e. The summed E-state index contributed by atoms with van der Waals surface area (Å²) in [5.74, 6) is 2.01. The number of amidine groups is 1. The van der Waals surface area contributed by atoms with Gasteiger partial charge in [0.2, 0.25) is 12.1 Å². The lowest BCUT2D eigenvalue weighted by Crippen LogP contribution is -2.17. The quantitative estimate of drug-likeness (QED) is 0.931. The second kappa shape index (κ2) is 5.80. The van der Waals surface area contributed by atoms with Crippen LogP contribution in [0.3, 0.4) is 0 Å². The van der Waals surface area contributed by atoms with Crippen molar-refractivity contribution in [1.82, 2.24) is 10.5 Å². The molecule has 0 bridgehead atoms. The van der Waals surface area contributed by atoms with Gasteiger partial charge in [-0.25, -0.2) is 20.3 Å². The van der Waals surface area contributed by atoms with Gasteiger partial charge in [0, 0.05) is 23.4 Å². The van der Waals surface area contributed by atoms with Crippen molar-refractivity contribution in [2.24, 2.45) is 4.99 Å². The number of hydrogen-bond acceptors (Lipinski definition) is 6. The molecule has 1 aliphatic rings. The number of aliphatic imine (C=N–C) groups is 1. The number of rotatable bonds is 4. The van der Waals surface area contributed by atoms with Crippen molar-refractivity contribution >= 4 is 5.84 Å². The molecule has 2 heterocycles. The van der Waals surface area contributed by atoms with Crippen molar-refractivity contribution in [2.45, 2.75) is 6.23 Å². The predicted octanol–water partition coefficient (Wildman–Crippen LogP) is 2.08. The van der Waals surface area contributed by atoms with E-state index >= 15 is 0 Å². The van der Waals surface area contributed by atoms with Gasteiger partial charge in [0.05, 0.1) is 14.2 Å². The highest BCUT2D eigenvalue weighted by Crippen LogP contribution is 2.25. The fourth-order valence-corrected chi connectivity index (χ4v) is 2.00. The van der Waals surface area contributed by atoms with Crippen LogP contribution in [0.5, 0.6) is 11.6 Å². The summed E-state index contributed by atoms with van der Waals surface area (Å²) in [6.07, 6.45) is 1.25. The lowest BCUT2D eigenvalue weighted by Gasteiger charge is -2.06. The Kier molecular flexibility index (Phi) is 3.70. The maximum atomic E-state index is 5.49.